The molecule has 1 aliphatic rings. The lowest BCUT2D eigenvalue weighted by Gasteiger charge is -2.23. The predicted molar refractivity (Wildman–Crippen MR) is 95.1 cm³/mol. The van der Waals surface area contributed by atoms with Crippen molar-refractivity contribution in [3.8, 4) is 0 Å². The van der Waals surface area contributed by atoms with Gasteiger partial charge in [-0.1, -0.05) is 13.0 Å². The van der Waals surface area contributed by atoms with E-state index in [1.807, 2.05) is 43.4 Å². The number of pyridine rings is 1. The molecule has 0 spiro atoms. The van der Waals surface area contributed by atoms with Crippen LogP contribution in [0.15, 0.2) is 24.4 Å². The van der Waals surface area contributed by atoms with E-state index < -0.39 is 6.04 Å². The number of fused-ring (bicyclic) bond motifs is 1. The summed E-state index contributed by atoms with van der Waals surface area (Å²) in [5.41, 5.74) is 2.14. The molecule has 3 rings (SSSR count). The topological polar surface area (TPSA) is 66.7 Å². The van der Waals surface area contributed by atoms with Gasteiger partial charge in [-0.3, -0.25) is 9.59 Å². The number of hydrogen-bond acceptors (Lipinski definition) is 4. The number of hydrogen-bond donors (Lipinski definition) is 1. The molecule has 1 saturated heterocycles. The minimum atomic E-state index is -0.428. The molecule has 1 fully saturated rings. The fourth-order valence-corrected chi connectivity index (χ4v) is 3.85. The average Bonchev–Trinajstić information content (AvgIpc) is 3.21. The van der Waals surface area contributed by atoms with Crippen molar-refractivity contribution in [2.75, 3.05) is 11.6 Å². The highest BCUT2D eigenvalue weighted by atomic mass is 32.2. The van der Waals surface area contributed by atoms with Crippen LogP contribution in [0.1, 0.15) is 36.5 Å². The van der Waals surface area contributed by atoms with Crippen molar-refractivity contribution in [2.45, 2.75) is 39.3 Å². The zero-order valence-corrected chi connectivity index (χ0v) is 15.0. The third-order valence-corrected chi connectivity index (χ3v) is 5.37. The molecule has 0 unspecified atom stereocenters. The zero-order valence-electron chi connectivity index (χ0n) is 14.2. The number of imidazole rings is 1. The van der Waals surface area contributed by atoms with Gasteiger partial charge in [0.15, 0.2) is 0 Å². The lowest BCUT2D eigenvalue weighted by atomic mass is 10.2. The first-order valence-corrected chi connectivity index (χ1v) is 9.30. The molecule has 1 N–H and O–H groups in total. The van der Waals surface area contributed by atoms with E-state index in [2.05, 4.69) is 10.3 Å². The lowest BCUT2D eigenvalue weighted by Crippen LogP contribution is -2.49. The average molecular weight is 346 g/mol. The Kier molecular flexibility index (Phi) is 4.80. The highest BCUT2D eigenvalue weighted by Gasteiger charge is 2.36. The Balaban J connectivity index is 1.82. The standard InChI is InChI=1S/C17H22N4O2S/c1-4-11(2)18-16(22)14-9-24-10-21(14)17(23)13-8-20-12(3)6-5-7-15(20)19-13/h5-8,11,14H,4,9-10H2,1-3H3,(H,18,22)/t11-,14-/m0/s1. The van der Waals surface area contributed by atoms with E-state index in [-0.39, 0.29) is 17.9 Å². The fraction of sp³-hybridized carbons (Fsp3) is 0.471. The predicted octanol–water partition coefficient (Wildman–Crippen LogP) is 2.07. The molecular formula is C17H22N4O2S. The van der Waals surface area contributed by atoms with Crippen LogP contribution in [0, 0.1) is 6.92 Å². The van der Waals surface area contributed by atoms with E-state index in [0.29, 0.717) is 17.3 Å². The quantitative estimate of drug-likeness (QED) is 0.920. The molecule has 0 saturated carbocycles. The van der Waals surface area contributed by atoms with Crippen LogP contribution in [-0.2, 0) is 4.79 Å². The molecule has 2 aromatic rings. The SMILES string of the molecule is CC[C@H](C)NC(=O)[C@@H]1CSCN1C(=O)c1cn2c(C)cccc2n1. The number of rotatable bonds is 4. The summed E-state index contributed by atoms with van der Waals surface area (Å²) in [7, 11) is 0. The summed E-state index contributed by atoms with van der Waals surface area (Å²) < 4.78 is 1.89. The Labute approximate surface area is 145 Å². The molecule has 3 heterocycles. The first kappa shape index (κ1) is 16.8. The van der Waals surface area contributed by atoms with E-state index in [4.69, 9.17) is 0 Å². The molecule has 1 aliphatic heterocycles. The number of amides is 2. The number of aryl methyl sites for hydroxylation is 1. The molecule has 24 heavy (non-hydrogen) atoms. The summed E-state index contributed by atoms with van der Waals surface area (Å²) in [6.07, 6.45) is 2.62. The molecule has 0 bridgehead atoms. The van der Waals surface area contributed by atoms with Crippen molar-refractivity contribution in [1.29, 1.82) is 0 Å². The van der Waals surface area contributed by atoms with Crippen molar-refractivity contribution < 1.29 is 9.59 Å². The maximum Gasteiger partial charge on any atom is 0.275 e. The largest absolute Gasteiger partial charge is 0.352 e. The van der Waals surface area contributed by atoms with Gasteiger partial charge in [0.25, 0.3) is 5.91 Å². The second-order valence-corrected chi connectivity index (χ2v) is 7.13. The minimum Gasteiger partial charge on any atom is -0.352 e. The number of thioether (sulfide) groups is 1. The fourth-order valence-electron chi connectivity index (χ4n) is 2.70. The Morgan fingerprint density at radius 2 is 2.25 bits per heavy atom. The van der Waals surface area contributed by atoms with Crippen LogP contribution in [-0.4, -0.2) is 49.8 Å². The van der Waals surface area contributed by atoms with E-state index in [0.717, 1.165) is 17.8 Å². The number of nitrogens with zero attached hydrogens (tertiary/aromatic N) is 3. The first-order chi connectivity index (χ1) is 11.5. The molecule has 128 valence electrons. The number of aromatic nitrogens is 2. The van der Waals surface area contributed by atoms with Gasteiger partial charge in [0.2, 0.25) is 5.91 Å². The molecular weight excluding hydrogens is 324 g/mol. The summed E-state index contributed by atoms with van der Waals surface area (Å²) in [5.74, 6) is 0.875. The molecule has 2 aromatic heterocycles. The Bertz CT molecular complexity index is 773. The van der Waals surface area contributed by atoms with E-state index >= 15 is 0 Å². The monoisotopic (exact) mass is 346 g/mol. The molecule has 7 heteroatoms. The van der Waals surface area contributed by atoms with Crippen molar-refractivity contribution >= 4 is 29.2 Å². The van der Waals surface area contributed by atoms with Gasteiger partial charge in [0, 0.05) is 23.7 Å². The van der Waals surface area contributed by atoms with E-state index in [1.165, 1.54) is 0 Å². The van der Waals surface area contributed by atoms with Gasteiger partial charge in [-0.15, -0.1) is 11.8 Å². The van der Waals surface area contributed by atoms with Crippen LogP contribution < -0.4 is 5.32 Å². The second-order valence-electron chi connectivity index (χ2n) is 6.13. The molecule has 2 amide bonds. The summed E-state index contributed by atoms with van der Waals surface area (Å²) >= 11 is 1.60. The van der Waals surface area contributed by atoms with Gasteiger partial charge < -0.3 is 14.6 Å². The smallest absolute Gasteiger partial charge is 0.275 e. The lowest BCUT2D eigenvalue weighted by molar-refractivity contribution is -0.125. The highest BCUT2D eigenvalue weighted by molar-refractivity contribution is 7.99. The van der Waals surface area contributed by atoms with E-state index in [1.54, 1.807) is 22.9 Å². The van der Waals surface area contributed by atoms with Gasteiger partial charge in [0.05, 0.1) is 5.88 Å². The summed E-state index contributed by atoms with van der Waals surface area (Å²) in [6.45, 7) is 5.96. The second kappa shape index (κ2) is 6.84. The Morgan fingerprint density at radius 1 is 1.46 bits per heavy atom. The van der Waals surface area contributed by atoms with Crippen LogP contribution in [0.4, 0.5) is 0 Å². The summed E-state index contributed by atoms with van der Waals surface area (Å²) in [6, 6.07) is 5.44. The van der Waals surface area contributed by atoms with E-state index in [9.17, 15) is 9.59 Å². The minimum absolute atomic E-state index is 0.0809. The van der Waals surface area contributed by atoms with Crippen LogP contribution in [0.3, 0.4) is 0 Å². The van der Waals surface area contributed by atoms with Gasteiger partial charge in [-0.05, 0) is 32.4 Å². The maximum atomic E-state index is 12.9. The molecule has 0 aromatic carbocycles. The molecule has 0 radical (unpaired) electrons. The summed E-state index contributed by atoms with van der Waals surface area (Å²) in [5, 5.41) is 2.97. The Hall–Kier alpha value is -2.02. The zero-order chi connectivity index (χ0) is 17.3. The van der Waals surface area contributed by atoms with Crippen LogP contribution >= 0.6 is 11.8 Å². The number of carbonyl (C=O) groups is 2. The van der Waals surface area contributed by atoms with Crippen LogP contribution in [0.2, 0.25) is 0 Å². The summed E-state index contributed by atoms with van der Waals surface area (Å²) in [4.78, 5) is 31.3. The van der Waals surface area contributed by atoms with Crippen LogP contribution in [0.5, 0.6) is 0 Å². The van der Waals surface area contributed by atoms with Gasteiger partial charge in [0.1, 0.15) is 17.4 Å². The van der Waals surface area contributed by atoms with Gasteiger partial charge in [-0.25, -0.2) is 4.98 Å². The van der Waals surface area contributed by atoms with Crippen LogP contribution in [0.25, 0.3) is 5.65 Å². The highest BCUT2D eigenvalue weighted by Crippen LogP contribution is 2.23. The van der Waals surface area contributed by atoms with Crippen molar-refractivity contribution in [2.24, 2.45) is 0 Å². The van der Waals surface area contributed by atoms with Crippen molar-refractivity contribution in [3.63, 3.8) is 0 Å². The Morgan fingerprint density at radius 3 is 2.96 bits per heavy atom. The van der Waals surface area contributed by atoms with Crippen molar-refractivity contribution in [1.82, 2.24) is 19.6 Å². The van der Waals surface area contributed by atoms with Crippen molar-refractivity contribution in [3.05, 3.63) is 35.8 Å². The normalized spacial score (nSPS) is 18.8. The van der Waals surface area contributed by atoms with Gasteiger partial charge in [-0.2, -0.15) is 0 Å². The third-order valence-electron chi connectivity index (χ3n) is 4.36. The number of nitrogens with one attached hydrogen (secondary N) is 1. The molecule has 6 nitrogen and oxygen atoms in total. The molecule has 2 atom stereocenters. The first-order valence-electron chi connectivity index (χ1n) is 8.15. The van der Waals surface area contributed by atoms with Gasteiger partial charge >= 0.3 is 0 Å². The maximum absolute atomic E-state index is 12.9. The number of carbonyl (C=O) groups excluding carboxylic acids is 2. The third kappa shape index (κ3) is 3.13. The molecule has 0 aliphatic carbocycles.